The molecule has 0 fully saturated rings. The summed E-state index contributed by atoms with van der Waals surface area (Å²) in [5, 5.41) is 7.07. The summed E-state index contributed by atoms with van der Waals surface area (Å²) in [7, 11) is 0. The Bertz CT molecular complexity index is 965. The van der Waals surface area contributed by atoms with E-state index in [4.69, 9.17) is 0 Å². The van der Waals surface area contributed by atoms with Gasteiger partial charge in [-0.05, 0) is 52.2 Å². The summed E-state index contributed by atoms with van der Waals surface area (Å²) in [4.78, 5) is 38.5. The number of carbonyl (C=O) groups is 2. The topological polar surface area (TPSA) is 90.5 Å². The number of hydrogen-bond donors (Lipinski definition) is 2. The number of nitrogens with zero attached hydrogens (tertiary/aromatic N) is 4. The van der Waals surface area contributed by atoms with E-state index in [0.29, 0.717) is 10.3 Å². The highest BCUT2D eigenvalue weighted by molar-refractivity contribution is 7.24. The van der Waals surface area contributed by atoms with Crippen LogP contribution in [0.2, 0.25) is 0 Å². The van der Waals surface area contributed by atoms with Crippen LogP contribution in [0.5, 0.6) is 0 Å². The normalized spacial score (nSPS) is 12.9. The Balaban J connectivity index is 0.00000289. The minimum Gasteiger partial charge on any atom is -0.301 e. The lowest BCUT2D eigenvalue weighted by atomic mass is 10.2. The van der Waals surface area contributed by atoms with Gasteiger partial charge < -0.3 is 10.6 Å². The van der Waals surface area contributed by atoms with E-state index in [9.17, 15) is 9.59 Å². The summed E-state index contributed by atoms with van der Waals surface area (Å²) in [6.45, 7) is 15.3. The molecule has 0 aliphatic heterocycles. The zero-order chi connectivity index (χ0) is 23.4. The first kappa shape index (κ1) is 30.5. The van der Waals surface area contributed by atoms with Crippen molar-refractivity contribution in [3.8, 4) is 0 Å². The van der Waals surface area contributed by atoms with E-state index in [-0.39, 0.29) is 48.7 Å². The molecular weight excluding hydrogens is 515 g/mol. The van der Waals surface area contributed by atoms with E-state index in [1.54, 1.807) is 0 Å². The quantitative estimate of drug-likeness (QED) is 0.366. The average molecular weight is 550 g/mol. The molecule has 0 aliphatic rings. The number of fused-ring (bicyclic) bond motifs is 2. The average Bonchev–Trinajstić information content (AvgIpc) is 3.34. The molecule has 0 saturated carbocycles. The molecular formula is C22H34Cl2N6O2S2. The lowest BCUT2D eigenvalue weighted by molar-refractivity contribution is -0.121. The van der Waals surface area contributed by atoms with Crippen LogP contribution in [-0.2, 0) is 9.59 Å². The van der Waals surface area contributed by atoms with Gasteiger partial charge in [0.15, 0.2) is 10.3 Å². The predicted octanol–water partition coefficient (Wildman–Crippen LogP) is 5.09. The summed E-state index contributed by atoms with van der Waals surface area (Å²) in [5.74, 6) is -0.111. The summed E-state index contributed by atoms with van der Waals surface area (Å²) in [6.07, 6.45) is 0. The van der Waals surface area contributed by atoms with Gasteiger partial charge in [0, 0.05) is 0 Å². The molecule has 0 spiro atoms. The maximum absolute atomic E-state index is 12.6. The molecule has 2 amide bonds. The van der Waals surface area contributed by atoms with Gasteiger partial charge in [0.1, 0.15) is 0 Å². The molecule has 2 atom stereocenters. The van der Waals surface area contributed by atoms with Gasteiger partial charge in [0.2, 0.25) is 11.8 Å². The standard InChI is InChI=1S/C22H32N6O2S2.2ClH/c1-7-27(8-2)13(5)19(29)25-21-23-15-11-16-18(12-17(15)31-21)32-22(24-16)26-20(30)14(6)28(9-3)10-4;;/h11-14H,7-10H2,1-6H3,(H,23,25,29)(H,24,26,30);2*1H. The van der Waals surface area contributed by atoms with E-state index < -0.39 is 0 Å². The van der Waals surface area contributed by atoms with Crippen LogP contribution in [0.1, 0.15) is 41.5 Å². The lowest BCUT2D eigenvalue weighted by Gasteiger charge is -2.24. The molecule has 0 radical (unpaired) electrons. The van der Waals surface area contributed by atoms with Gasteiger partial charge in [-0.1, -0.05) is 50.4 Å². The van der Waals surface area contributed by atoms with E-state index in [1.165, 1.54) is 22.7 Å². The number of carbonyl (C=O) groups excluding carboxylic acids is 2. The number of nitrogens with one attached hydrogen (secondary N) is 2. The SMILES string of the molecule is CCN(CC)C(C)C(=O)Nc1nc2cc3nc(NC(=O)C(C)N(CC)CC)sc3cc2s1.Cl.Cl. The Hall–Kier alpha value is -1.56. The van der Waals surface area contributed by atoms with E-state index in [1.807, 2.05) is 53.7 Å². The highest BCUT2D eigenvalue weighted by Crippen LogP contribution is 2.34. The molecule has 0 saturated heterocycles. The highest BCUT2D eigenvalue weighted by Gasteiger charge is 2.21. The number of likely N-dealkylation sites (N-methyl/N-ethyl adjacent to an activating group) is 2. The lowest BCUT2D eigenvalue weighted by Crippen LogP contribution is -2.41. The third kappa shape index (κ3) is 6.77. The number of thiazole rings is 2. The minimum atomic E-state index is -0.216. The van der Waals surface area contributed by atoms with Gasteiger partial charge in [-0.3, -0.25) is 19.4 Å². The number of halogens is 2. The Labute approximate surface area is 221 Å². The molecule has 2 heterocycles. The summed E-state index contributed by atoms with van der Waals surface area (Å²) >= 11 is 2.89. The predicted molar refractivity (Wildman–Crippen MR) is 149 cm³/mol. The van der Waals surface area contributed by atoms with Gasteiger partial charge in [0.05, 0.1) is 32.5 Å². The second kappa shape index (κ2) is 13.5. The summed E-state index contributed by atoms with van der Waals surface area (Å²) in [6, 6.07) is 3.50. The van der Waals surface area contributed by atoms with Gasteiger partial charge >= 0.3 is 0 Å². The van der Waals surface area contributed by atoms with Gasteiger partial charge in [-0.25, -0.2) is 9.97 Å². The highest BCUT2D eigenvalue weighted by atomic mass is 35.5. The van der Waals surface area contributed by atoms with Crippen molar-refractivity contribution in [2.75, 3.05) is 36.8 Å². The van der Waals surface area contributed by atoms with Crippen LogP contribution in [0.25, 0.3) is 20.4 Å². The fourth-order valence-corrected chi connectivity index (χ4v) is 5.60. The van der Waals surface area contributed by atoms with Crippen molar-refractivity contribution >= 4 is 90.0 Å². The zero-order valence-electron chi connectivity index (χ0n) is 20.4. The van der Waals surface area contributed by atoms with Crippen molar-refractivity contribution in [1.29, 1.82) is 0 Å². The minimum absolute atomic E-state index is 0. The van der Waals surface area contributed by atoms with E-state index >= 15 is 0 Å². The molecule has 0 aliphatic carbocycles. The Morgan fingerprint density at radius 1 is 0.765 bits per heavy atom. The maximum atomic E-state index is 12.6. The number of hydrogen-bond acceptors (Lipinski definition) is 8. The van der Waals surface area contributed by atoms with Crippen LogP contribution < -0.4 is 10.6 Å². The molecule has 3 aromatic rings. The van der Waals surface area contributed by atoms with Crippen LogP contribution in [0.4, 0.5) is 10.3 Å². The molecule has 2 N–H and O–H groups in total. The molecule has 2 unspecified atom stereocenters. The second-order valence-corrected chi connectivity index (χ2v) is 9.66. The van der Waals surface area contributed by atoms with Crippen molar-refractivity contribution in [2.45, 2.75) is 53.6 Å². The largest absolute Gasteiger partial charge is 0.301 e. The fraction of sp³-hybridized carbons (Fsp3) is 0.545. The molecule has 12 heteroatoms. The van der Waals surface area contributed by atoms with Crippen LogP contribution in [-0.4, -0.2) is 69.8 Å². The van der Waals surface area contributed by atoms with Gasteiger partial charge in [-0.15, -0.1) is 24.8 Å². The first-order chi connectivity index (χ1) is 15.3. The molecule has 0 bridgehead atoms. The Morgan fingerprint density at radius 2 is 1.12 bits per heavy atom. The van der Waals surface area contributed by atoms with E-state index in [2.05, 4.69) is 30.4 Å². The molecule has 190 valence electrons. The van der Waals surface area contributed by atoms with Crippen molar-refractivity contribution in [3.05, 3.63) is 12.1 Å². The monoisotopic (exact) mass is 548 g/mol. The van der Waals surface area contributed by atoms with Crippen molar-refractivity contribution in [1.82, 2.24) is 19.8 Å². The van der Waals surface area contributed by atoms with Gasteiger partial charge in [-0.2, -0.15) is 0 Å². The smallest absolute Gasteiger partial charge is 0.243 e. The number of amides is 2. The second-order valence-electron chi connectivity index (χ2n) is 7.60. The molecule has 34 heavy (non-hydrogen) atoms. The Kier molecular flexibility index (Phi) is 12.1. The molecule has 8 nitrogen and oxygen atoms in total. The molecule has 3 rings (SSSR count). The summed E-state index contributed by atoms with van der Waals surface area (Å²) in [5.41, 5.74) is 1.57. The Morgan fingerprint density at radius 3 is 1.44 bits per heavy atom. The van der Waals surface area contributed by atoms with E-state index in [0.717, 1.165) is 46.6 Å². The van der Waals surface area contributed by atoms with Crippen LogP contribution in [0.15, 0.2) is 12.1 Å². The number of benzene rings is 1. The maximum Gasteiger partial charge on any atom is 0.243 e. The van der Waals surface area contributed by atoms with Crippen molar-refractivity contribution in [3.63, 3.8) is 0 Å². The number of anilines is 2. The third-order valence-electron chi connectivity index (χ3n) is 5.84. The van der Waals surface area contributed by atoms with Crippen LogP contribution in [0.3, 0.4) is 0 Å². The number of aromatic nitrogens is 2. The van der Waals surface area contributed by atoms with Crippen LogP contribution >= 0.6 is 47.5 Å². The fourth-order valence-electron chi connectivity index (χ4n) is 3.75. The van der Waals surface area contributed by atoms with Crippen LogP contribution in [0, 0.1) is 0 Å². The molecule has 1 aromatic carbocycles. The zero-order valence-corrected chi connectivity index (χ0v) is 23.6. The first-order valence-corrected chi connectivity index (χ1v) is 12.7. The molecule has 2 aromatic heterocycles. The third-order valence-corrected chi connectivity index (χ3v) is 7.70. The van der Waals surface area contributed by atoms with Crippen molar-refractivity contribution < 1.29 is 9.59 Å². The van der Waals surface area contributed by atoms with Gasteiger partial charge in [0.25, 0.3) is 0 Å². The summed E-state index contributed by atoms with van der Waals surface area (Å²) < 4.78 is 1.95. The van der Waals surface area contributed by atoms with Crippen molar-refractivity contribution in [2.24, 2.45) is 0 Å². The number of rotatable bonds is 10. The first-order valence-electron chi connectivity index (χ1n) is 11.1.